The number of para-hydroxylation sites is 2. The van der Waals surface area contributed by atoms with Gasteiger partial charge in [-0.2, -0.15) is 0 Å². The van der Waals surface area contributed by atoms with E-state index in [2.05, 4.69) is 26.8 Å². The van der Waals surface area contributed by atoms with Crippen LogP contribution >= 0.6 is 0 Å². The van der Waals surface area contributed by atoms with Gasteiger partial charge < -0.3 is 15.6 Å². The van der Waals surface area contributed by atoms with Crippen molar-refractivity contribution in [3.63, 3.8) is 0 Å². The van der Waals surface area contributed by atoms with Crippen LogP contribution in [0.4, 0.5) is 0 Å². The topological polar surface area (TPSA) is 78.2 Å². The third-order valence-corrected chi connectivity index (χ3v) is 4.10. The van der Waals surface area contributed by atoms with Crippen molar-refractivity contribution in [3.8, 4) is 0 Å². The number of piperazine rings is 1. The highest BCUT2D eigenvalue weighted by Gasteiger charge is 2.25. The van der Waals surface area contributed by atoms with Crippen molar-refractivity contribution in [2.24, 2.45) is 5.73 Å². The first-order valence-electron chi connectivity index (χ1n) is 7.28. The number of nitrogens with two attached hydrogens (primary N) is 1. The van der Waals surface area contributed by atoms with Crippen LogP contribution in [-0.2, 0) is 6.54 Å². The first-order chi connectivity index (χ1) is 10.2. The summed E-state index contributed by atoms with van der Waals surface area (Å²) in [4.78, 5) is 24.1. The average Bonchev–Trinajstić information content (AvgIpc) is 2.49. The van der Waals surface area contributed by atoms with Crippen LogP contribution in [0.5, 0.6) is 0 Å². The molecule has 0 saturated carbocycles. The summed E-state index contributed by atoms with van der Waals surface area (Å²) in [7, 11) is 2.10. The zero-order chi connectivity index (χ0) is 14.8. The van der Waals surface area contributed by atoms with E-state index in [1.54, 1.807) is 0 Å². The van der Waals surface area contributed by atoms with E-state index in [1.807, 2.05) is 24.3 Å². The van der Waals surface area contributed by atoms with Gasteiger partial charge in [0.05, 0.1) is 11.0 Å². The second-order valence-electron chi connectivity index (χ2n) is 5.65. The molecular formula is C15H21N5O. The number of aromatic amines is 1. The lowest BCUT2D eigenvalue weighted by Gasteiger charge is -2.39. The zero-order valence-corrected chi connectivity index (χ0v) is 12.2. The van der Waals surface area contributed by atoms with Crippen LogP contribution in [0.25, 0.3) is 11.0 Å². The van der Waals surface area contributed by atoms with Gasteiger partial charge in [0.25, 0.3) is 5.56 Å². The summed E-state index contributed by atoms with van der Waals surface area (Å²) in [5, 5.41) is 0. The summed E-state index contributed by atoms with van der Waals surface area (Å²) >= 11 is 0. The van der Waals surface area contributed by atoms with Gasteiger partial charge in [-0.3, -0.25) is 9.69 Å². The van der Waals surface area contributed by atoms with Crippen molar-refractivity contribution >= 4 is 11.0 Å². The Morgan fingerprint density at radius 2 is 2.19 bits per heavy atom. The van der Waals surface area contributed by atoms with Crippen molar-refractivity contribution < 1.29 is 0 Å². The van der Waals surface area contributed by atoms with Gasteiger partial charge >= 0.3 is 0 Å². The molecule has 112 valence electrons. The van der Waals surface area contributed by atoms with Crippen molar-refractivity contribution in [1.82, 2.24) is 19.8 Å². The number of nitrogens with zero attached hydrogens (tertiary/aromatic N) is 3. The Bertz CT molecular complexity index is 683. The van der Waals surface area contributed by atoms with Gasteiger partial charge in [-0.15, -0.1) is 0 Å². The monoisotopic (exact) mass is 287 g/mol. The molecule has 2 aromatic rings. The molecule has 3 N–H and O–H groups in total. The van der Waals surface area contributed by atoms with Crippen LogP contribution in [-0.4, -0.2) is 59.0 Å². The van der Waals surface area contributed by atoms with Gasteiger partial charge in [0.15, 0.2) is 0 Å². The van der Waals surface area contributed by atoms with Gasteiger partial charge in [-0.1, -0.05) is 12.1 Å². The molecule has 0 spiro atoms. The van der Waals surface area contributed by atoms with Crippen molar-refractivity contribution in [2.45, 2.75) is 12.6 Å². The maximum Gasteiger partial charge on any atom is 0.271 e. The maximum atomic E-state index is 12.2. The quantitative estimate of drug-likeness (QED) is 0.831. The number of hydrogen-bond acceptors (Lipinski definition) is 5. The fourth-order valence-corrected chi connectivity index (χ4v) is 2.85. The van der Waals surface area contributed by atoms with Crippen molar-refractivity contribution in [1.29, 1.82) is 0 Å². The molecule has 2 heterocycles. The van der Waals surface area contributed by atoms with Crippen molar-refractivity contribution in [2.75, 3.05) is 33.2 Å². The molecule has 1 aromatic heterocycles. The summed E-state index contributed by atoms with van der Waals surface area (Å²) in [5.74, 6) is 0. The number of likely N-dealkylation sites (N-methyl/N-ethyl adjacent to an activating group) is 1. The van der Waals surface area contributed by atoms with E-state index in [0.717, 1.165) is 30.7 Å². The van der Waals surface area contributed by atoms with E-state index in [9.17, 15) is 4.79 Å². The number of aromatic nitrogens is 2. The van der Waals surface area contributed by atoms with Crippen LogP contribution < -0.4 is 11.3 Å². The fraction of sp³-hybridized carbons (Fsp3) is 0.467. The van der Waals surface area contributed by atoms with Crippen molar-refractivity contribution in [3.05, 3.63) is 40.3 Å². The second kappa shape index (κ2) is 5.93. The van der Waals surface area contributed by atoms with Gasteiger partial charge in [0.1, 0.15) is 5.69 Å². The molecule has 6 nitrogen and oxygen atoms in total. The Kier molecular flexibility index (Phi) is 4.01. The Labute approximate surface area is 123 Å². The highest BCUT2D eigenvalue weighted by Crippen LogP contribution is 2.12. The van der Waals surface area contributed by atoms with E-state index in [4.69, 9.17) is 5.73 Å². The van der Waals surface area contributed by atoms with Gasteiger partial charge in [-0.25, -0.2) is 4.98 Å². The molecule has 1 unspecified atom stereocenters. The Hall–Kier alpha value is -1.76. The number of H-pyrrole nitrogens is 1. The molecule has 6 heteroatoms. The number of benzene rings is 1. The first-order valence-corrected chi connectivity index (χ1v) is 7.28. The van der Waals surface area contributed by atoms with Gasteiger partial charge in [0.2, 0.25) is 0 Å². The van der Waals surface area contributed by atoms with E-state index < -0.39 is 0 Å². The average molecular weight is 287 g/mol. The summed E-state index contributed by atoms with van der Waals surface area (Å²) in [6.45, 7) is 3.97. The lowest BCUT2D eigenvalue weighted by atomic mass is 10.1. The van der Waals surface area contributed by atoms with E-state index in [1.165, 1.54) is 0 Å². The van der Waals surface area contributed by atoms with Crippen LogP contribution in [0.15, 0.2) is 29.1 Å². The summed E-state index contributed by atoms with van der Waals surface area (Å²) in [6.07, 6.45) is 0. The molecule has 21 heavy (non-hydrogen) atoms. The molecule has 0 aliphatic carbocycles. The molecule has 0 amide bonds. The third-order valence-electron chi connectivity index (χ3n) is 4.10. The van der Waals surface area contributed by atoms with Gasteiger partial charge in [0, 0.05) is 38.8 Å². The SMILES string of the molecule is CN1CCN(Cc2nc3ccccc3[nH]c2=O)C(CN)C1. The molecular weight excluding hydrogens is 266 g/mol. The molecule has 1 aromatic carbocycles. The normalized spacial score (nSPS) is 21.0. The lowest BCUT2D eigenvalue weighted by Crippen LogP contribution is -2.54. The maximum absolute atomic E-state index is 12.2. The molecule has 1 fully saturated rings. The molecule has 0 bridgehead atoms. The van der Waals surface area contributed by atoms with E-state index in [0.29, 0.717) is 18.8 Å². The summed E-state index contributed by atoms with van der Waals surface area (Å²) in [6, 6.07) is 7.88. The zero-order valence-electron chi connectivity index (χ0n) is 12.2. The standard InChI is InChI=1S/C15H21N5O/c1-19-6-7-20(11(8-16)9-19)10-14-15(21)18-13-5-3-2-4-12(13)17-14/h2-5,11H,6-10,16H2,1H3,(H,18,21). The minimum absolute atomic E-state index is 0.108. The van der Waals surface area contributed by atoms with Crippen LogP contribution in [0.3, 0.4) is 0 Å². The van der Waals surface area contributed by atoms with E-state index in [-0.39, 0.29) is 11.6 Å². The molecule has 1 aliphatic heterocycles. The molecule has 0 radical (unpaired) electrons. The lowest BCUT2D eigenvalue weighted by molar-refractivity contribution is 0.0867. The molecule has 1 saturated heterocycles. The highest BCUT2D eigenvalue weighted by molar-refractivity contribution is 5.73. The summed E-state index contributed by atoms with van der Waals surface area (Å²) in [5.41, 5.74) is 7.92. The smallest absolute Gasteiger partial charge is 0.271 e. The number of nitrogens with one attached hydrogen (secondary N) is 1. The number of hydrogen-bond donors (Lipinski definition) is 2. The second-order valence-corrected chi connectivity index (χ2v) is 5.65. The summed E-state index contributed by atoms with van der Waals surface area (Å²) < 4.78 is 0. The number of rotatable bonds is 3. The largest absolute Gasteiger partial charge is 0.329 e. The fourth-order valence-electron chi connectivity index (χ4n) is 2.85. The van der Waals surface area contributed by atoms with E-state index >= 15 is 0 Å². The van der Waals surface area contributed by atoms with Crippen LogP contribution in [0, 0.1) is 0 Å². The third kappa shape index (κ3) is 2.97. The van der Waals surface area contributed by atoms with Crippen LogP contribution in [0.2, 0.25) is 0 Å². The minimum Gasteiger partial charge on any atom is -0.329 e. The molecule has 1 atom stereocenters. The van der Waals surface area contributed by atoms with Gasteiger partial charge in [-0.05, 0) is 19.2 Å². The number of fused-ring (bicyclic) bond motifs is 1. The Morgan fingerprint density at radius 3 is 3.00 bits per heavy atom. The molecule has 1 aliphatic rings. The Morgan fingerprint density at radius 1 is 1.38 bits per heavy atom. The first kappa shape index (κ1) is 14.2. The Balaban J connectivity index is 1.87. The highest BCUT2D eigenvalue weighted by atomic mass is 16.1. The molecule has 3 rings (SSSR count). The predicted molar refractivity (Wildman–Crippen MR) is 83.1 cm³/mol. The van der Waals surface area contributed by atoms with Crippen LogP contribution in [0.1, 0.15) is 5.69 Å². The predicted octanol–water partition coefficient (Wildman–Crippen LogP) is -0.00220. The minimum atomic E-state index is -0.108.